The molecule has 2 aromatic carbocycles. The van der Waals surface area contributed by atoms with Gasteiger partial charge < -0.3 is 5.32 Å². The van der Waals surface area contributed by atoms with Gasteiger partial charge in [0.1, 0.15) is 0 Å². The lowest BCUT2D eigenvalue weighted by Gasteiger charge is -2.10. The lowest BCUT2D eigenvalue weighted by Crippen LogP contribution is -2.22. The van der Waals surface area contributed by atoms with Crippen LogP contribution in [0, 0.1) is 20.8 Å². The fraction of sp³-hybridized carbons (Fsp3) is 0.190. The van der Waals surface area contributed by atoms with Crippen LogP contribution in [-0.2, 0) is 4.79 Å². The van der Waals surface area contributed by atoms with Crippen LogP contribution < -0.4 is 10.9 Å². The molecule has 0 fully saturated rings. The largest absolute Gasteiger partial charge is 0.325 e. The summed E-state index contributed by atoms with van der Waals surface area (Å²) in [5, 5.41) is 3.19. The van der Waals surface area contributed by atoms with Crippen molar-refractivity contribution in [2.24, 2.45) is 0 Å². The van der Waals surface area contributed by atoms with Crippen LogP contribution in [0.1, 0.15) is 16.7 Å². The summed E-state index contributed by atoms with van der Waals surface area (Å²) in [5.74, 6) is -0.0490. The summed E-state index contributed by atoms with van der Waals surface area (Å²) in [5.41, 5.74) is 4.55. The standard InChI is InChI=1S/C21H21N3O2S/c1-14-5-4-6-17(12-14)24-10-9-22-20(21(24)26)27-13-19(25)23-18-8-7-15(2)11-16(18)3/h4-12H,13H2,1-3H3,(H,23,25). The molecule has 1 N–H and O–H groups in total. The average Bonchev–Trinajstić information content (AvgIpc) is 2.63. The fourth-order valence-corrected chi connectivity index (χ4v) is 3.45. The van der Waals surface area contributed by atoms with E-state index in [9.17, 15) is 9.59 Å². The number of benzene rings is 2. The lowest BCUT2D eigenvalue weighted by molar-refractivity contribution is -0.113. The van der Waals surface area contributed by atoms with Gasteiger partial charge in [-0.1, -0.05) is 41.6 Å². The van der Waals surface area contributed by atoms with Crippen molar-refractivity contribution in [1.29, 1.82) is 0 Å². The van der Waals surface area contributed by atoms with E-state index in [1.54, 1.807) is 17.0 Å². The van der Waals surface area contributed by atoms with E-state index in [0.717, 1.165) is 39.8 Å². The van der Waals surface area contributed by atoms with Crippen molar-refractivity contribution in [3.63, 3.8) is 0 Å². The number of aryl methyl sites for hydroxylation is 3. The number of nitrogens with one attached hydrogen (secondary N) is 1. The molecule has 0 radical (unpaired) electrons. The molecule has 1 heterocycles. The molecule has 0 aliphatic heterocycles. The predicted octanol–water partition coefficient (Wildman–Crippen LogP) is 3.89. The van der Waals surface area contributed by atoms with E-state index in [1.165, 1.54) is 0 Å². The van der Waals surface area contributed by atoms with Crippen molar-refractivity contribution in [1.82, 2.24) is 9.55 Å². The second-order valence-electron chi connectivity index (χ2n) is 6.40. The maximum absolute atomic E-state index is 12.7. The minimum Gasteiger partial charge on any atom is -0.325 e. The number of amides is 1. The summed E-state index contributed by atoms with van der Waals surface area (Å²) < 4.78 is 1.55. The molecule has 3 aromatic rings. The van der Waals surface area contributed by atoms with Crippen LogP contribution in [0.2, 0.25) is 0 Å². The number of hydrogen-bond acceptors (Lipinski definition) is 4. The summed E-state index contributed by atoms with van der Waals surface area (Å²) >= 11 is 1.14. The van der Waals surface area contributed by atoms with Crippen LogP contribution in [0.15, 0.2) is 64.7 Å². The molecule has 0 saturated carbocycles. The minimum atomic E-state index is -0.229. The number of carbonyl (C=O) groups is 1. The molecule has 138 valence electrons. The number of rotatable bonds is 5. The van der Waals surface area contributed by atoms with Gasteiger partial charge in [-0.05, 0) is 50.1 Å². The van der Waals surface area contributed by atoms with E-state index >= 15 is 0 Å². The Balaban J connectivity index is 1.72. The van der Waals surface area contributed by atoms with Gasteiger partial charge in [0, 0.05) is 23.8 Å². The summed E-state index contributed by atoms with van der Waals surface area (Å²) in [6, 6.07) is 13.5. The molecule has 0 unspecified atom stereocenters. The van der Waals surface area contributed by atoms with Gasteiger partial charge >= 0.3 is 0 Å². The number of hydrogen-bond donors (Lipinski definition) is 1. The highest BCUT2D eigenvalue weighted by atomic mass is 32.2. The lowest BCUT2D eigenvalue weighted by atomic mass is 10.1. The maximum atomic E-state index is 12.7. The van der Waals surface area contributed by atoms with Crippen molar-refractivity contribution < 1.29 is 4.79 Å². The number of carbonyl (C=O) groups excluding carboxylic acids is 1. The molecule has 0 bridgehead atoms. The van der Waals surface area contributed by atoms with Gasteiger partial charge in [0.25, 0.3) is 5.56 Å². The van der Waals surface area contributed by atoms with E-state index in [2.05, 4.69) is 10.3 Å². The Bertz CT molecular complexity index is 1040. The molecule has 5 nitrogen and oxygen atoms in total. The molecule has 6 heteroatoms. The second-order valence-corrected chi connectivity index (χ2v) is 7.37. The van der Waals surface area contributed by atoms with Gasteiger partial charge in [-0.2, -0.15) is 0 Å². The van der Waals surface area contributed by atoms with Crippen LogP contribution in [-0.4, -0.2) is 21.2 Å². The summed E-state index contributed by atoms with van der Waals surface area (Å²) in [6.07, 6.45) is 3.21. The second kappa shape index (κ2) is 8.22. The third-order valence-corrected chi connectivity index (χ3v) is 5.05. The first-order valence-electron chi connectivity index (χ1n) is 8.58. The van der Waals surface area contributed by atoms with E-state index < -0.39 is 0 Å². The Morgan fingerprint density at radius 2 is 1.89 bits per heavy atom. The first-order valence-corrected chi connectivity index (χ1v) is 9.57. The molecule has 0 aliphatic carbocycles. The normalized spacial score (nSPS) is 10.6. The smallest absolute Gasteiger partial charge is 0.287 e. The zero-order valence-corrected chi connectivity index (χ0v) is 16.3. The molecule has 1 aromatic heterocycles. The minimum absolute atomic E-state index is 0.118. The van der Waals surface area contributed by atoms with Gasteiger partial charge in [-0.15, -0.1) is 0 Å². The highest BCUT2D eigenvalue weighted by Crippen LogP contribution is 2.18. The molecule has 0 atom stereocenters. The highest BCUT2D eigenvalue weighted by molar-refractivity contribution is 7.99. The Morgan fingerprint density at radius 3 is 2.63 bits per heavy atom. The van der Waals surface area contributed by atoms with Gasteiger partial charge in [0.05, 0.1) is 5.75 Å². The number of thioether (sulfide) groups is 1. The van der Waals surface area contributed by atoms with Crippen molar-refractivity contribution in [2.75, 3.05) is 11.1 Å². The molecule has 1 amide bonds. The Labute approximate surface area is 162 Å². The summed E-state index contributed by atoms with van der Waals surface area (Å²) in [4.78, 5) is 29.1. The number of aromatic nitrogens is 2. The Kier molecular flexibility index (Phi) is 5.76. The van der Waals surface area contributed by atoms with Crippen LogP contribution in [0.5, 0.6) is 0 Å². The zero-order valence-electron chi connectivity index (χ0n) is 15.5. The van der Waals surface area contributed by atoms with Crippen LogP contribution in [0.4, 0.5) is 5.69 Å². The van der Waals surface area contributed by atoms with Crippen LogP contribution >= 0.6 is 11.8 Å². The van der Waals surface area contributed by atoms with Crippen molar-refractivity contribution >= 4 is 23.4 Å². The average molecular weight is 379 g/mol. The monoisotopic (exact) mass is 379 g/mol. The maximum Gasteiger partial charge on any atom is 0.287 e. The number of nitrogens with zero attached hydrogens (tertiary/aromatic N) is 2. The fourth-order valence-electron chi connectivity index (χ4n) is 2.75. The number of anilines is 1. The third-order valence-electron chi connectivity index (χ3n) is 4.09. The molecule has 0 saturated heterocycles. The van der Waals surface area contributed by atoms with E-state index in [4.69, 9.17) is 0 Å². The highest BCUT2D eigenvalue weighted by Gasteiger charge is 2.11. The van der Waals surface area contributed by atoms with Crippen molar-refractivity contribution in [3.8, 4) is 5.69 Å². The van der Waals surface area contributed by atoms with Crippen molar-refractivity contribution in [3.05, 3.63) is 81.9 Å². The van der Waals surface area contributed by atoms with Gasteiger partial charge in [-0.25, -0.2) is 4.98 Å². The first-order chi connectivity index (χ1) is 12.9. The molecular formula is C21H21N3O2S. The molecule has 0 aliphatic rings. The van der Waals surface area contributed by atoms with Gasteiger partial charge in [0.15, 0.2) is 5.03 Å². The molecule has 3 rings (SSSR count). The quantitative estimate of drug-likeness (QED) is 0.683. The molecule has 27 heavy (non-hydrogen) atoms. The zero-order chi connectivity index (χ0) is 19.4. The van der Waals surface area contributed by atoms with E-state index in [0.29, 0.717) is 5.03 Å². The van der Waals surface area contributed by atoms with Gasteiger partial charge in [0.2, 0.25) is 5.91 Å². The van der Waals surface area contributed by atoms with E-state index in [-0.39, 0.29) is 17.2 Å². The SMILES string of the molecule is Cc1cccc(-n2ccnc(SCC(=O)Nc3ccc(C)cc3C)c2=O)c1. The van der Waals surface area contributed by atoms with Crippen LogP contribution in [0.3, 0.4) is 0 Å². The van der Waals surface area contributed by atoms with Gasteiger partial charge in [-0.3, -0.25) is 14.2 Å². The first kappa shape index (κ1) is 18.9. The van der Waals surface area contributed by atoms with Crippen molar-refractivity contribution in [2.45, 2.75) is 25.8 Å². The molecule has 0 spiro atoms. The third kappa shape index (κ3) is 4.65. The summed E-state index contributed by atoms with van der Waals surface area (Å²) in [6.45, 7) is 5.94. The summed E-state index contributed by atoms with van der Waals surface area (Å²) in [7, 11) is 0. The molecular weight excluding hydrogens is 358 g/mol. The Morgan fingerprint density at radius 1 is 1.11 bits per heavy atom. The van der Waals surface area contributed by atoms with E-state index in [1.807, 2.05) is 63.2 Å². The van der Waals surface area contributed by atoms with Crippen LogP contribution in [0.25, 0.3) is 5.69 Å². The Hall–Kier alpha value is -2.86. The topological polar surface area (TPSA) is 64.0 Å². The predicted molar refractivity (Wildman–Crippen MR) is 110 cm³/mol.